The first-order valence-electron chi connectivity index (χ1n) is 8.79. The summed E-state index contributed by atoms with van der Waals surface area (Å²) in [5, 5.41) is 14.4. The van der Waals surface area contributed by atoms with Gasteiger partial charge >= 0.3 is 0 Å². The molecule has 1 fully saturated rings. The Morgan fingerprint density at radius 1 is 1.15 bits per heavy atom. The van der Waals surface area contributed by atoms with Gasteiger partial charge in [0.2, 0.25) is 0 Å². The van der Waals surface area contributed by atoms with E-state index in [2.05, 4.69) is 31.7 Å². The Morgan fingerprint density at radius 3 is 2.77 bits per heavy atom. The molecule has 0 bridgehead atoms. The van der Waals surface area contributed by atoms with Crippen molar-refractivity contribution in [2.24, 2.45) is 0 Å². The Bertz CT molecular complexity index is 919. The van der Waals surface area contributed by atoms with Crippen LogP contribution in [-0.2, 0) is 0 Å². The number of fused-ring (bicyclic) bond motifs is 1. The van der Waals surface area contributed by atoms with Gasteiger partial charge in [0.25, 0.3) is 5.91 Å². The lowest BCUT2D eigenvalue weighted by molar-refractivity contribution is 0.0938. The van der Waals surface area contributed by atoms with E-state index in [9.17, 15) is 4.79 Å². The minimum Gasteiger partial charge on any atom is -0.350 e. The van der Waals surface area contributed by atoms with Crippen molar-refractivity contribution in [1.82, 2.24) is 25.6 Å². The number of nitrogens with zero attached hydrogens (tertiary/aromatic N) is 3. The first-order chi connectivity index (χ1) is 12.7. The highest BCUT2D eigenvalue weighted by molar-refractivity contribution is 6.30. The van der Waals surface area contributed by atoms with Crippen LogP contribution in [0.15, 0.2) is 42.5 Å². The molecular weight excluding hydrogens is 350 g/mol. The first-order valence-corrected chi connectivity index (χ1v) is 9.17. The van der Waals surface area contributed by atoms with Gasteiger partial charge in [0.15, 0.2) is 0 Å². The SMILES string of the molecule is O=C(NCC(c1cccc(Cl)c1)N1CCCC1)c1ccc2n[nH]nc2c1. The van der Waals surface area contributed by atoms with E-state index in [4.69, 9.17) is 11.6 Å². The lowest BCUT2D eigenvalue weighted by Crippen LogP contribution is -2.36. The van der Waals surface area contributed by atoms with Gasteiger partial charge in [-0.05, 0) is 61.8 Å². The third-order valence-corrected chi connectivity index (χ3v) is 5.08. The number of benzene rings is 2. The zero-order chi connectivity index (χ0) is 17.9. The third-order valence-electron chi connectivity index (χ3n) is 4.85. The number of carbonyl (C=O) groups is 1. The van der Waals surface area contributed by atoms with Crippen LogP contribution < -0.4 is 5.32 Å². The summed E-state index contributed by atoms with van der Waals surface area (Å²) in [7, 11) is 0. The molecule has 2 aromatic carbocycles. The summed E-state index contributed by atoms with van der Waals surface area (Å²) in [4.78, 5) is 15.0. The van der Waals surface area contributed by atoms with Crippen LogP contribution in [0.1, 0.15) is 34.8 Å². The maximum Gasteiger partial charge on any atom is 0.251 e. The Morgan fingerprint density at radius 2 is 1.96 bits per heavy atom. The Balaban J connectivity index is 1.51. The monoisotopic (exact) mass is 369 g/mol. The normalized spacial score (nSPS) is 16.0. The van der Waals surface area contributed by atoms with Crippen molar-refractivity contribution in [1.29, 1.82) is 0 Å². The highest BCUT2D eigenvalue weighted by atomic mass is 35.5. The van der Waals surface area contributed by atoms with E-state index in [-0.39, 0.29) is 11.9 Å². The summed E-state index contributed by atoms with van der Waals surface area (Å²) >= 11 is 6.18. The minimum atomic E-state index is -0.110. The van der Waals surface area contributed by atoms with Gasteiger partial charge in [0.1, 0.15) is 11.0 Å². The molecule has 1 saturated heterocycles. The number of likely N-dealkylation sites (tertiary alicyclic amines) is 1. The standard InChI is InChI=1S/C19H20ClN5O/c20-15-5-3-4-13(10-15)18(25-8-1-2-9-25)12-21-19(26)14-6-7-16-17(11-14)23-24-22-16/h3-7,10-11,18H,1-2,8-9,12H2,(H,21,26)(H,22,23,24). The minimum absolute atomic E-state index is 0.110. The average molecular weight is 370 g/mol. The van der Waals surface area contributed by atoms with Crippen LogP contribution >= 0.6 is 11.6 Å². The summed E-state index contributed by atoms with van der Waals surface area (Å²) in [5.41, 5.74) is 3.14. The zero-order valence-corrected chi connectivity index (χ0v) is 15.0. The van der Waals surface area contributed by atoms with Gasteiger partial charge in [-0.15, -0.1) is 0 Å². The second-order valence-corrected chi connectivity index (χ2v) is 6.99. The molecule has 1 atom stereocenters. The Labute approximate surface area is 156 Å². The lowest BCUT2D eigenvalue weighted by Gasteiger charge is -2.28. The number of H-pyrrole nitrogens is 1. The number of rotatable bonds is 5. The van der Waals surface area contributed by atoms with Crippen molar-refractivity contribution in [3.63, 3.8) is 0 Å². The molecule has 2 N–H and O–H groups in total. The fourth-order valence-corrected chi connectivity index (χ4v) is 3.70. The van der Waals surface area contributed by atoms with Crippen LogP contribution in [0.3, 0.4) is 0 Å². The second kappa shape index (κ2) is 7.43. The van der Waals surface area contributed by atoms with Crippen molar-refractivity contribution < 1.29 is 4.79 Å². The summed E-state index contributed by atoms with van der Waals surface area (Å²) in [6.45, 7) is 2.62. The van der Waals surface area contributed by atoms with E-state index in [1.54, 1.807) is 18.2 Å². The first kappa shape index (κ1) is 17.0. The van der Waals surface area contributed by atoms with Crippen molar-refractivity contribution in [3.8, 4) is 0 Å². The molecule has 1 aliphatic heterocycles. The highest BCUT2D eigenvalue weighted by Gasteiger charge is 2.24. The molecule has 6 nitrogen and oxygen atoms in total. The molecule has 4 rings (SSSR count). The van der Waals surface area contributed by atoms with E-state index in [0.717, 1.165) is 29.2 Å². The highest BCUT2D eigenvalue weighted by Crippen LogP contribution is 2.26. The van der Waals surface area contributed by atoms with Crippen LogP contribution in [0.25, 0.3) is 11.0 Å². The Hall–Kier alpha value is -2.44. The third kappa shape index (κ3) is 3.57. The molecule has 1 aliphatic rings. The van der Waals surface area contributed by atoms with E-state index in [0.29, 0.717) is 17.6 Å². The van der Waals surface area contributed by atoms with Crippen LogP contribution in [-0.4, -0.2) is 45.9 Å². The predicted octanol–water partition coefficient (Wildman–Crippen LogP) is 3.18. The molecule has 134 valence electrons. The van der Waals surface area contributed by atoms with Gasteiger partial charge in [0, 0.05) is 17.1 Å². The van der Waals surface area contributed by atoms with Crippen molar-refractivity contribution in [2.75, 3.05) is 19.6 Å². The molecule has 7 heteroatoms. The van der Waals surface area contributed by atoms with Crippen molar-refractivity contribution in [3.05, 3.63) is 58.6 Å². The number of halogens is 1. The smallest absolute Gasteiger partial charge is 0.251 e. The van der Waals surface area contributed by atoms with Crippen LogP contribution in [0.5, 0.6) is 0 Å². The summed E-state index contributed by atoms with van der Waals surface area (Å²) in [6, 6.07) is 13.3. The maximum absolute atomic E-state index is 12.6. The van der Waals surface area contributed by atoms with Crippen LogP contribution in [0, 0.1) is 0 Å². The van der Waals surface area contributed by atoms with E-state index in [1.807, 2.05) is 18.2 Å². The van der Waals surface area contributed by atoms with E-state index < -0.39 is 0 Å². The van der Waals surface area contributed by atoms with Crippen LogP contribution in [0.2, 0.25) is 5.02 Å². The summed E-state index contributed by atoms with van der Waals surface area (Å²) < 4.78 is 0. The number of aromatic amines is 1. The molecule has 3 aromatic rings. The fourth-order valence-electron chi connectivity index (χ4n) is 3.50. The molecule has 0 radical (unpaired) electrons. The summed E-state index contributed by atoms with van der Waals surface area (Å²) in [5.74, 6) is -0.110. The number of hydrogen-bond acceptors (Lipinski definition) is 4. The Kier molecular flexibility index (Phi) is 4.86. The molecule has 26 heavy (non-hydrogen) atoms. The quantitative estimate of drug-likeness (QED) is 0.724. The largest absolute Gasteiger partial charge is 0.350 e. The van der Waals surface area contributed by atoms with Crippen molar-refractivity contribution in [2.45, 2.75) is 18.9 Å². The van der Waals surface area contributed by atoms with Gasteiger partial charge in [-0.25, -0.2) is 0 Å². The predicted molar refractivity (Wildman–Crippen MR) is 101 cm³/mol. The number of nitrogens with one attached hydrogen (secondary N) is 2. The van der Waals surface area contributed by atoms with E-state index >= 15 is 0 Å². The fraction of sp³-hybridized carbons (Fsp3) is 0.316. The second-order valence-electron chi connectivity index (χ2n) is 6.55. The topological polar surface area (TPSA) is 73.9 Å². The molecule has 1 amide bonds. The van der Waals surface area contributed by atoms with Crippen molar-refractivity contribution >= 4 is 28.5 Å². The van der Waals surface area contributed by atoms with Gasteiger partial charge in [-0.3, -0.25) is 9.69 Å². The molecular formula is C19H20ClN5O. The molecule has 0 saturated carbocycles. The van der Waals surface area contributed by atoms with Gasteiger partial charge < -0.3 is 5.32 Å². The molecule has 2 heterocycles. The molecule has 0 aliphatic carbocycles. The number of hydrogen-bond donors (Lipinski definition) is 2. The maximum atomic E-state index is 12.6. The average Bonchev–Trinajstić information content (AvgIpc) is 3.33. The number of carbonyl (C=O) groups excluding carboxylic acids is 1. The summed E-state index contributed by atoms with van der Waals surface area (Å²) in [6.07, 6.45) is 2.38. The number of amides is 1. The van der Waals surface area contributed by atoms with Gasteiger partial charge in [0.05, 0.1) is 6.04 Å². The molecule has 0 spiro atoms. The zero-order valence-electron chi connectivity index (χ0n) is 14.3. The lowest BCUT2D eigenvalue weighted by atomic mass is 10.1. The van der Waals surface area contributed by atoms with E-state index in [1.165, 1.54) is 12.8 Å². The molecule has 1 unspecified atom stereocenters. The van der Waals surface area contributed by atoms with Gasteiger partial charge in [-0.1, -0.05) is 23.7 Å². The van der Waals surface area contributed by atoms with Gasteiger partial charge in [-0.2, -0.15) is 15.4 Å². The molecule has 1 aromatic heterocycles. The van der Waals surface area contributed by atoms with Crippen LogP contribution in [0.4, 0.5) is 0 Å². The number of aromatic nitrogens is 3.